The van der Waals surface area contributed by atoms with Crippen molar-refractivity contribution in [2.45, 2.75) is 24.9 Å². The molecule has 1 saturated heterocycles. The molecule has 2 unspecified atom stereocenters. The van der Waals surface area contributed by atoms with Crippen molar-refractivity contribution in [2.75, 3.05) is 18.9 Å². The summed E-state index contributed by atoms with van der Waals surface area (Å²) >= 11 is 0. The first kappa shape index (κ1) is 37.7. The predicted molar refractivity (Wildman–Crippen MR) is 142 cm³/mol. The Hall–Kier alpha value is -3.71. The molecule has 0 bridgehead atoms. The van der Waals surface area contributed by atoms with E-state index in [-0.39, 0.29) is 5.56 Å². The molecule has 0 spiro atoms. The molecule has 2 heterocycles. The van der Waals surface area contributed by atoms with E-state index in [4.69, 9.17) is 25.8 Å². The summed E-state index contributed by atoms with van der Waals surface area (Å²) in [6.45, 7) is -1.77. The van der Waals surface area contributed by atoms with Crippen molar-refractivity contribution < 1.29 is 78.6 Å². The van der Waals surface area contributed by atoms with Crippen LogP contribution in [0.15, 0.2) is 16.1 Å². The lowest BCUT2D eigenvalue weighted by Crippen LogP contribution is -2.29. The second kappa shape index (κ2) is 14.6. The average Bonchev–Trinajstić information content (AvgIpc) is 3.30. The zero-order valence-electron chi connectivity index (χ0n) is 22.5. The van der Waals surface area contributed by atoms with Crippen LogP contribution in [0.2, 0.25) is 0 Å². The molecule has 1 aromatic heterocycles. The number of benzene rings is 1. The number of carbonyl (C=O) groups is 1. The van der Waals surface area contributed by atoms with Gasteiger partial charge in [0.1, 0.15) is 29.4 Å². The molecule has 0 radical (unpaired) electrons. The van der Waals surface area contributed by atoms with Crippen LogP contribution >= 0.6 is 23.5 Å². The van der Waals surface area contributed by atoms with E-state index in [9.17, 15) is 55.7 Å². The van der Waals surface area contributed by atoms with Gasteiger partial charge in [0, 0.05) is 17.5 Å². The second-order valence-electron chi connectivity index (χ2n) is 8.70. The van der Waals surface area contributed by atoms with Crippen LogP contribution in [-0.2, 0) is 31.6 Å². The monoisotopic (exact) mass is 737 g/mol. The van der Waals surface area contributed by atoms with Gasteiger partial charge in [-0.1, -0.05) is 17.0 Å². The number of hydrogen-bond acceptors (Lipinski definition) is 13. The largest absolute Gasteiger partial charge is 0.490 e. The fraction of sp³-hybridized carbons (Fsp3) is 0.316. The van der Waals surface area contributed by atoms with E-state index in [0.717, 1.165) is 10.8 Å². The Morgan fingerprint density at radius 1 is 1.15 bits per heavy atom. The minimum atomic E-state index is -5.82. The Bertz CT molecular complexity index is 1880. The van der Waals surface area contributed by atoms with Crippen molar-refractivity contribution in [1.29, 1.82) is 0 Å². The Labute approximate surface area is 256 Å². The van der Waals surface area contributed by atoms with Gasteiger partial charge in [-0.2, -0.15) is 13.6 Å². The normalized spacial score (nSPS) is 20.3. The highest BCUT2D eigenvalue weighted by Gasteiger charge is 2.43. The third-order valence-electron chi connectivity index (χ3n) is 5.49. The summed E-state index contributed by atoms with van der Waals surface area (Å²) in [5.41, 5.74) is 9.33. The fourth-order valence-corrected chi connectivity index (χ4v) is 6.63. The van der Waals surface area contributed by atoms with Crippen molar-refractivity contribution in [3.63, 3.8) is 0 Å². The van der Waals surface area contributed by atoms with E-state index in [1.807, 2.05) is 10.2 Å². The summed E-state index contributed by atoms with van der Waals surface area (Å²) in [6, 6.07) is 0. The second-order valence-corrected chi connectivity index (χ2v) is 13.1. The highest BCUT2D eigenvalue weighted by atomic mass is 31.3. The molecule has 47 heavy (non-hydrogen) atoms. The predicted octanol–water partition coefficient (Wildman–Crippen LogP) is 1.10. The van der Waals surface area contributed by atoms with Gasteiger partial charge in [-0.05, 0) is 5.53 Å². The van der Waals surface area contributed by atoms with E-state index >= 15 is 0 Å². The van der Waals surface area contributed by atoms with Gasteiger partial charge in [-0.3, -0.25) is 13.9 Å². The molecule has 1 amide bonds. The number of aliphatic hydroxyl groups is 1. The lowest BCUT2D eigenvalue weighted by Gasteiger charge is -2.19. The van der Waals surface area contributed by atoms with Crippen LogP contribution in [0.3, 0.4) is 0 Å². The van der Waals surface area contributed by atoms with Crippen LogP contribution in [0.25, 0.3) is 10.4 Å². The van der Waals surface area contributed by atoms with Gasteiger partial charge in [0.05, 0.1) is 24.8 Å². The molecule has 0 aliphatic carbocycles. The smallest absolute Gasteiger partial charge is 0.390 e. The van der Waals surface area contributed by atoms with Gasteiger partial charge in [-0.25, -0.2) is 36.1 Å². The van der Waals surface area contributed by atoms with Crippen LogP contribution in [-0.4, -0.2) is 65.5 Å². The Morgan fingerprint density at radius 2 is 1.77 bits per heavy atom. The maximum absolute atomic E-state index is 14.2. The van der Waals surface area contributed by atoms with Crippen molar-refractivity contribution in [2.24, 2.45) is 5.11 Å². The Balaban J connectivity index is 1.70. The van der Waals surface area contributed by atoms with Gasteiger partial charge >= 0.3 is 29.2 Å². The summed E-state index contributed by atoms with van der Waals surface area (Å²) in [7, 11) is -17.0. The molecule has 5 atom stereocenters. The highest BCUT2D eigenvalue weighted by Crippen LogP contribution is 2.66. The van der Waals surface area contributed by atoms with Gasteiger partial charge in [0.2, 0.25) is 0 Å². The zero-order chi connectivity index (χ0) is 35.5. The number of phosphoric ester groups is 1. The van der Waals surface area contributed by atoms with Crippen molar-refractivity contribution in [3.05, 3.63) is 61.5 Å². The number of halogens is 4. The molecule has 3 rings (SSSR count). The molecule has 1 aliphatic rings. The first-order valence-corrected chi connectivity index (χ1v) is 16.4. The SMILES string of the molecule is [N-]=[N+]=Nc1c(F)c(F)c(C(=O)NCC#Cc2cn([C@H]3C[C@H](O)[C@@H](COP(=O)(O)OP(=O)(O)OP(=O)(O)O)O3)c(=O)nc2N)c(F)c1F. The lowest BCUT2D eigenvalue weighted by molar-refractivity contribution is -0.0449. The van der Waals surface area contributed by atoms with E-state index < -0.39 is 113 Å². The maximum Gasteiger partial charge on any atom is 0.490 e. The number of amides is 1. The number of carbonyl (C=O) groups excluding carboxylic acids is 1. The van der Waals surface area contributed by atoms with E-state index in [0.29, 0.717) is 0 Å². The third-order valence-corrected chi connectivity index (χ3v) is 9.29. The van der Waals surface area contributed by atoms with E-state index in [2.05, 4.69) is 35.1 Å². The summed E-state index contributed by atoms with van der Waals surface area (Å²) in [5.74, 6) is -6.09. The zero-order valence-corrected chi connectivity index (χ0v) is 25.2. The molecule has 2 aromatic rings. The number of aliphatic hydroxyl groups excluding tert-OH is 1. The first-order chi connectivity index (χ1) is 21.7. The van der Waals surface area contributed by atoms with Crippen LogP contribution in [0.4, 0.5) is 29.1 Å². The quantitative estimate of drug-likeness (QED) is 0.0323. The number of aromatic nitrogens is 2. The van der Waals surface area contributed by atoms with Crippen molar-refractivity contribution in [1.82, 2.24) is 14.9 Å². The molecule has 1 aliphatic heterocycles. The molecular formula is C19H18F4N7O14P3. The standard InChI is InChI=1S/C19H18F4N7O14P3/c20-12-11(13(21)15(23)16(14(12)22)28-29-25)18(32)26-3-1-2-7-5-30(19(33)27-17(7)24)10-4-8(31)9(42-10)6-41-46(37,38)44-47(39,40)43-45(34,35)36/h5,8-10,31H,3-4,6H2,(H,26,32)(H,37,38)(H,39,40)(H2,24,27,33)(H2,34,35,36)/t8-,9+,10+/m0/s1. The average molecular weight is 737 g/mol. The Kier molecular flexibility index (Phi) is 11.7. The number of rotatable bonds is 11. The number of anilines is 1. The number of nitrogens with one attached hydrogen (secondary N) is 1. The van der Waals surface area contributed by atoms with Crippen molar-refractivity contribution >= 4 is 40.9 Å². The summed E-state index contributed by atoms with van der Waals surface area (Å²) in [6.07, 6.45) is -3.86. The molecule has 21 nitrogen and oxygen atoms in total. The summed E-state index contributed by atoms with van der Waals surface area (Å²) < 4.78 is 108. The summed E-state index contributed by atoms with van der Waals surface area (Å²) in [4.78, 5) is 66.0. The third kappa shape index (κ3) is 9.66. The molecule has 1 fully saturated rings. The van der Waals surface area contributed by atoms with Crippen molar-refractivity contribution in [3.8, 4) is 11.8 Å². The van der Waals surface area contributed by atoms with Crippen LogP contribution < -0.4 is 16.7 Å². The topological polar surface area (TPSA) is 328 Å². The maximum atomic E-state index is 14.2. The number of hydrogen-bond donors (Lipinski definition) is 7. The number of nitrogens with zero attached hydrogens (tertiary/aromatic N) is 5. The van der Waals surface area contributed by atoms with Crippen LogP contribution in [0.5, 0.6) is 0 Å². The molecule has 0 saturated carbocycles. The highest BCUT2D eigenvalue weighted by molar-refractivity contribution is 7.66. The minimum Gasteiger partial charge on any atom is -0.390 e. The lowest BCUT2D eigenvalue weighted by atomic mass is 10.1. The fourth-order valence-electron chi connectivity index (χ4n) is 3.60. The minimum absolute atomic E-state index is 0.221. The van der Waals surface area contributed by atoms with E-state index in [1.54, 1.807) is 0 Å². The van der Waals surface area contributed by atoms with E-state index in [1.165, 1.54) is 0 Å². The molecule has 256 valence electrons. The van der Waals surface area contributed by atoms with Gasteiger partial charge in [-0.15, -0.1) is 0 Å². The number of azide groups is 1. The summed E-state index contributed by atoms with van der Waals surface area (Å²) in [5, 5.41) is 14.6. The number of nitrogens with two attached hydrogens (primary N) is 1. The first-order valence-electron chi connectivity index (χ1n) is 11.8. The number of phosphoric acid groups is 3. The Morgan fingerprint density at radius 3 is 2.34 bits per heavy atom. The molecule has 28 heteroatoms. The van der Waals surface area contributed by atoms with Gasteiger partial charge in [0.15, 0.2) is 23.3 Å². The molecule has 8 N–H and O–H groups in total. The number of ether oxygens (including phenoxy) is 1. The van der Waals surface area contributed by atoms with Crippen LogP contribution in [0, 0.1) is 35.1 Å². The molecular weight excluding hydrogens is 719 g/mol. The van der Waals surface area contributed by atoms with Gasteiger partial charge in [0.25, 0.3) is 5.91 Å². The number of nitrogen functional groups attached to an aromatic ring is 1. The molecule has 1 aromatic carbocycles. The van der Waals surface area contributed by atoms with Crippen LogP contribution in [0.1, 0.15) is 28.6 Å². The van der Waals surface area contributed by atoms with Gasteiger partial charge < -0.3 is 40.5 Å².